The third-order valence-electron chi connectivity index (χ3n) is 5.75. The highest BCUT2D eigenvalue weighted by molar-refractivity contribution is 7.99. The van der Waals surface area contributed by atoms with Crippen LogP contribution in [0.5, 0.6) is 0 Å². The fourth-order valence-corrected chi connectivity index (χ4v) is 5.11. The molecule has 0 aromatic carbocycles. The highest BCUT2D eigenvalue weighted by atomic mass is 35.5. The second kappa shape index (κ2) is 7.21. The predicted octanol–water partition coefficient (Wildman–Crippen LogP) is 3.36. The van der Waals surface area contributed by atoms with E-state index in [0.717, 1.165) is 43.1 Å². The Hall–Kier alpha value is -1.57. The van der Waals surface area contributed by atoms with Crippen LogP contribution in [0.1, 0.15) is 32.1 Å². The first-order valence-electron chi connectivity index (χ1n) is 8.98. The van der Waals surface area contributed by atoms with Crippen molar-refractivity contribution in [3.8, 4) is 0 Å². The van der Waals surface area contributed by atoms with E-state index in [2.05, 4.69) is 19.9 Å². The quantitative estimate of drug-likeness (QED) is 0.829. The summed E-state index contributed by atoms with van der Waals surface area (Å²) >= 11 is 7.57. The van der Waals surface area contributed by atoms with Crippen molar-refractivity contribution in [3.63, 3.8) is 0 Å². The van der Waals surface area contributed by atoms with Crippen molar-refractivity contribution in [3.05, 3.63) is 29.7 Å². The average molecular weight is 391 g/mol. The molecule has 1 aliphatic heterocycles. The lowest BCUT2D eigenvalue weighted by Crippen LogP contribution is -2.47. The first-order chi connectivity index (χ1) is 12.6. The summed E-state index contributed by atoms with van der Waals surface area (Å²) in [5.74, 6) is 1.27. The molecule has 1 saturated carbocycles. The van der Waals surface area contributed by atoms with Crippen molar-refractivity contribution < 1.29 is 0 Å². The van der Waals surface area contributed by atoms with Gasteiger partial charge in [0.15, 0.2) is 5.82 Å². The molecule has 8 heteroatoms. The molecule has 4 rings (SSSR count). The maximum atomic E-state index is 6.37. The van der Waals surface area contributed by atoms with Gasteiger partial charge in [0, 0.05) is 36.4 Å². The van der Waals surface area contributed by atoms with E-state index < -0.39 is 0 Å². The smallest absolute Gasteiger partial charge is 0.158 e. The second-order valence-corrected chi connectivity index (χ2v) is 8.61. The standard InChI is InChI=1S/C18H23ClN6S/c19-12-10-22-7-3-13(12)26-17-16(21)24-15(11-23-17)25-8-5-18(6-9-25)4-1-2-14(18)20/h3,7,10-11,14H,1-2,4-6,8-9,20H2,(H2,21,24)/t14-/m1/s1. The Morgan fingerprint density at radius 1 is 1.23 bits per heavy atom. The van der Waals surface area contributed by atoms with Crippen LogP contribution in [0.2, 0.25) is 5.02 Å². The molecule has 6 nitrogen and oxygen atoms in total. The topological polar surface area (TPSA) is 94.0 Å². The largest absolute Gasteiger partial charge is 0.381 e. The molecule has 1 atom stereocenters. The summed E-state index contributed by atoms with van der Waals surface area (Å²) in [6, 6.07) is 2.20. The number of halogens is 1. The number of nitrogens with two attached hydrogens (primary N) is 2. The molecule has 1 saturated heterocycles. The number of anilines is 2. The number of nitrogens with zero attached hydrogens (tertiary/aromatic N) is 4. The molecule has 1 spiro atoms. The molecule has 0 unspecified atom stereocenters. The van der Waals surface area contributed by atoms with E-state index in [9.17, 15) is 0 Å². The summed E-state index contributed by atoms with van der Waals surface area (Å²) in [5, 5.41) is 1.24. The van der Waals surface area contributed by atoms with E-state index in [-0.39, 0.29) is 0 Å². The van der Waals surface area contributed by atoms with Gasteiger partial charge in [-0.15, -0.1) is 0 Å². The van der Waals surface area contributed by atoms with Crippen molar-refractivity contribution >= 4 is 35.0 Å². The molecule has 3 heterocycles. The molecule has 26 heavy (non-hydrogen) atoms. The van der Waals surface area contributed by atoms with Crippen LogP contribution >= 0.6 is 23.4 Å². The van der Waals surface area contributed by atoms with Gasteiger partial charge in [-0.25, -0.2) is 9.97 Å². The van der Waals surface area contributed by atoms with Crippen LogP contribution in [0.4, 0.5) is 11.6 Å². The Balaban J connectivity index is 1.46. The molecule has 2 fully saturated rings. The first-order valence-corrected chi connectivity index (χ1v) is 10.2. The van der Waals surface area contributed by atoms with Crippen molar-refractivity contribution in [2.24, 2.45) is 11.1 Å². The molecule has 2 aliphatic rings. The van der Waals surface area contributed by atoms with Gasteiger partial charge in [0.05, 0.1) is 11.2 Å². The van der Waals surface area contributed by atoms with E-state index in [0.29, 0.717) is 27.3 Å². The Morgan fingerprint density at radius 2 is 2.04 bits per heavy atom. The molecule has 0 bridgehead atoms. The van der Waals surface area contributed by atoms with Gasteiger partial charge in [-0.3, -0.25) is 4.98 Å². The number of aromatic nitrogens is 3. The van der Waals surface area contributed by atoms with Crippen LogP contribution in [0.3, 0.4) is 0 Å². The van der Waals surface area contributed by atoms with Crippen LogP contribution in [-0.4, -0.2) is 34.1 Å². The summed E-state index contributed by atoms with van der Waals surface area (Å²) in [6.07, 6.45) is 11.0. The average Bonchev–Trinajstić information content (AvgIpc) is 2.99. The maximum Gasteiger partial charge on any atom is 0.158 e. The van der Waals surface area contributed by atoms with Crippen LogP contribution in [0.25, 0.3) is 0 Å². The van der Waals surface area contributed by atoms with Crippen LogP contribution < -0.4 is 16.4 Å². The minimum Gasteiger partial charge on any atom is -0.381 e. The minimum atomic E-state index is 0.337. The zero-order valence-corrected chi connectivity index (χ0v) is 16.1. The van der Waals surface area contributed by atoms with Gasteiger partial charge in [-0.2, -0.15) is 0 Å². The van der Waals surface area contributed by atoms with Crippen molar-refractivity contribution in [2.45, 2.75) is 48.1 Å². The minimum absolute atomic E-state index is 0.337. The number of pyridine rings is 1. The van der Waals surface area contributed by atoms with Gasteiger partial charge >= 0.3 is 0 Å². The molecular formula is C18H23ClN6S. The summed E-state index contributed by atoms with van der Waals surface area (Å²) in [6.45, 7) is 1.93. The van der Waals surface area contributed by atoms with Crippen LogP contribution in [0.15, 0.2) is 34.6 Å². The van der Waals surface area contributed by atoms with Gasteiger partial charge < -0.3 is 16.4 Å². The van der Waals surface area contributed by atoms with E-state index in [1.54, 1.807) is 18.6 Å². The Morgan fingerprint density at radius 3 is 2.69 bits per heavy atom. The highest BCUT2D eigenvalue weighted by Gasteiger charge is 2.43. The van der Waals surface area contributed by atoms with Gasteiger partial charge in [0.25, 0.3) is 0 Å². The lowest BCUT2D eigenvalue weighted by molar-refractivity contribution is 0.197. The Kier molecular flexibility index (Phi) is 4.94. The molecule has 1 aliphatic carbocycles. The molecule has 0 radical (unpaired) electrons. The Bertz CT molecular complexity index is 793. The zero-order valence-electron chi connectivity index (χ0n) is 14.6. The van der Waals surface area contributed by atoms with Gasteiger partial charge in [0.1, 0.15) is 10.8 Å². The van der Waals surface area contributed by atoms with E-state index in [1.165, 1.54) is 24.6 Å². The molecule has 2 aromatic rings. The maximum absolute atomic E-state index is 6.37. The van der Waals surface area contributed by atoms with Gasteiger partial charge in [-0.1, -0.05) is 29.8 Å². The lowest BCUT2D eigenvalue weighted by atomic mass is 9.74. The predicted molar refractivity (Wildman–Crippen MR) is 106 cm³/mol. The van der Waals surface area contributed by atoms with Crippen molar-refractivity contribution in [1.82, 2.24) is 15.0 Å². The molecular weight excluding hydrogens is 368 g/mol. The van der Waals surface area contributed by atoms with Gasteiger partial charge in [0.2, 0.25) is 0 Å². The van der Waals surface area contributed by atoms with Crippen LogP contribution in [-0.2, 0) is 0 Å². The SMILES string of the molecule is Nc1nc(N2CCC3(CCC[C@H]3N)CC2)cnc1Sc1ccncc1Cl. The number of piperidine rings is 1. The summed E-state index contributed by atoms with van der Waals surface area (Å²) in [4.78, 5) is 16.2. The van der Waals surface area contributed by atoms with Crippen molar-refractivity contribution in [1.29, 1.82) is 0 Å². The summed E-state index contributed by atoms with van der Waals surface area (Å²) < 4.78 is 0. The highest BCUT2D eigenvalue weighted by Crippen LogP contribution is 2.46. The fourth-order valence-electron chi connectivity index (χ4n) is 4.13. The molecule has 138 valence electrons. The fraction of sp³-hybridized carbons (Fsp3) is 0.500. The number of hydrogen-bond acceptors (Lipinski definition) is 7. The summed E-state index contributed by atoms with van der Waals surface area (Å²) in [5.41, 5.74) is 12.9. The third-order valence-corrected chi connectivity index (χ3v) is 7.25. The van der Waals surface area contributed by atoms with Crippen LogP contribution in [0, 0.1) is 5.41 Å². The molecule has 4 N–H and O–H groups in total. The number of nitrogen functional groups attached to an aromatic ring is 1. The van der Waals surface area contributed by atoms with Gasteiger partial charge in [-0.05, 0) is 37.2 Å². The summed E-state index contributed by atoms with van der Waals surface area (Å²) in [7, 11) is 0. The molecule has 2 aromatic heterocycles. The van der Waals surface area contributed by atoms with Crippen molar-refractivity contribution in [2.75, 3.05) is 23.7 Å². The second-order valence-electron chi connectivity index (χ2n) is 7.17. The van der Waals surface area contributed by atoms with E-state index in [4.69, 9.17) is 23.1 Å². The third kappa shape index (κ3) is 3.35. The normalized spacial score (nSPS) is 22.1. The first kappa shape index (κ1) is 17.8. The zero-order chi connectivity index (χ0) is 18.1. The monoisotopic (exact) mass is 390 g/mol. The Labute approximate surface area is 162 Å². The van der Waals surface area contributed by atoms with E-state index >= 15 is 0 Å². The number of rotatable bonds is 3. The lowest BCUT2D eigenvalue weighted by Gasteiger charge is -2.42. The number of hydrogen-bond donors (Lipinski definition) is 2. The molecule has 0 amide bonds. The van der Waals surface area contributed by atoms with E-state index in [1.807, 2.05) is 6.07 Å².